The summed E-state index contributed by atoms with van der Waals surface area (Å²) in [5.74, 6) is 1.19. The largest absolute Gasteiger partial charge is 0.493 e. The maximum Gasteiger partial charge on any atom is 0.259 e. The summed E-state index contributed by atoms with van der Waals surface area (Å²) >= 11 is 3.45. The summed E-state index contributed by atoms with van der Waals surface area (Å²) in [6.07, 6.45) is 1.47. The molecule has 0 fully saturated rings. The van der Waals surface area contributed by atoms with Crippen molar-refractivity contribution < 1.29 is 28.5 Å². The first-order valence-electron chi connectivity index (χ1n) is 9.84. The molecule has 0 radical (unpaired) electrons. The van der Waals surface area contributed by atoms with E-state index in [4.69, 9.17) is 18.9 Å². The topological polar surface area (TPSA) is 107 Å². The number of hydrogen-bond acceptors (Lipinski definition) is 7. The van der Waals surface area contributed by atoms with Gasteiger partial charge in [-0.2, -0.15) is 5.10 Å². The van der Waals surface area contributed by atoms with Gasteiger partial charge in [-0.25, -0.2) is 5.43 Å². The molecule has 0 unspecified atom stereocenters. The highest BCUT2D eigenvalue weighted by Crippen LogP contribution is 2.36. The number of hydrazone groups is 1. The van der Waals surface area contributed by atoms with Gasteiger partial charge in [0.1, 0.15) is 0 Å². The smallest absolute Gasteiger partial charge is 0.259 e. The summed E-state index contributed by atoms with van der Waals surface area (Å²) in [4.78, 5) is 24.3. The number of rotatable bonds is 11. The number of nitrogens with one attached hydrogen (secondary N) is 2. The number of carbonyl (C=O) groups excluding carboxylic acids is 2. The van der Waals surface area contributed by atoms with Crippen LogP contribution in [0.15, 0.2) is 39.9 Å². The van der Waals surface area contributed by atoms with E-state index in [0.717, 1.165) is 0 Å². The van der Waals surface area contributed by atoms with Crippen molar-refractivity contribution >= 4 is 34.0 Å². The van der Waals surface area contributed by atoms with Crippen LogP contribution in [-0.4, -0.2) is 52.0 Å². The molecule has 0 spiro atoms. The van der Waals surface area contributed by atoms with Gasteiger partial charge in [0.2, 0.25) is 0 Å². The fraction of sp³-hybridized carbons (Fsp3) is 0.318. The van der Waals surface area contributed by atoms with Crippen LogP contribution in [0.3, 0.4) is 0 Å². The summed E-state index contributed by atoms with van der Waals surface area (Å²) in [7, 11) is 2.98. The molecule has 172 valence electrons. The van der Waals surface area contributed by atoms with Crippen molar-refractivity contribution in [2.24, 2.45) is 5.10 Å². The second-order valence-electron chi connectivity index (χ2n) is 6.24. The molecule has 0 saturated carbocycles. The Bertz CT molecular complexity index is 980. The maximum absolute atomic E-state index is 12.3. The quantitative estimate of drug-likeness (QED) is 0.357. The lowest BCUT2D eigenvalue weighted by Gasteiger charge is -2.13. The molecule has 0 aliphatic rings. The molecule has 10 heteroatoms. The molecule has 0 bridgehead atoms. The molecule has 2 N–H and O–H groups in total. The molecule has 2 rings (SSSR count). The Hall–Kier alpha value is -3.27. The third-order valence-corrected chi connectivity index (χ3v) is 4.67. The third kappa shape index (κ3) is 6.88. The molecule has 2 aromatic rings. The van der Waals surface area contributed by atoms with Crippen molar-refractivity contribution in [3.63, 3.8) is 0 Å². The van der Waals surface area contributed by atoms with Gasteiger partial charge in [0.05, 0.1) is 44.7 Å². The number of ether oxygens (including phenoxy) is 4. The number of nitrogens with zero attached hydrogens (tertiary/aromatic N) is 1. The van der Waals surface area contributed by atoms with E-state index in [1.54, 1.807) is 24.3 Å². The van der Waals surface area contributed by atoms with Crippen LogP contribution in [0.5, 0.6) is 23.0 Å². The van der Waals surface area contributed by atoms with E-state index in [1.807, 2.05) is 13.8 Å². The van der Waals surface area contributed by atoms with Crippen molar-refractivity contribution in [1.82, 2.24) is 10.7 Å². The lowest BCUT2D eigenvalue weighted by Crippen LogP contribution is -2.34. The molecule has 32 heavy (non-hydrogen) atoms. The number of hydrogen-bond donors (Lipinski definition) is 2. The average molecular weight is 508 g/mol. The lowest BCUT2D eigenvalue weighted by molar-refractivity contribution is -0.120. The van der Waals surface area contributed by atoms with E-state index in [-0.39, 0.29) is 6.54 Å². The number of amides is 2. The highest BCUT2D eigenvalue weighted by molar-refractivity contribution is 9.10. The van der Waals surface area contributed by atoms with Crippen LogP contribution in [0.2, 0.25) is 0 Å². The fourth-order valence-corrected chi connectivity index (χ4v) is 3.24. The van der Waals surface area contributed by atoms with Gasteiger partial charge in [0, 0.05) is 5.56 Å². The Kier molecular flexibility index (Phi) is 9.80. The zero-order valence-electron chi connectivity index (χ0n) is 18.4. The summed E-state index contributed by atoms with van der Waals surface area (Å²) in [6.45, 7) is 4.49. The molecule has 2 aromatic carbocycles. The van der Waals surface area contributed by atoms with E-state index < -0.39 is 11.8 Å². The van der Waals surface area contributed by atoms with Gasteiger partial charge >= 0.3 is 0 Å². The SMILES string of the molecule is CCOc1cc(C=NNC(=O)CNC(=O)c2ccc(OC)c(OC)c2)cc(Br)c1OCC. The second kappa shape index (κ2) is 12.6. The third-order valence-electron chi connectivity index (χ3n) is 4.08. The monoisotopic (exact) mass is 507 g/mol. The average Bonchev–Trinajstić information content (AvgIpc) is 2.79. The minimum Gasteiger partial charge on any atom is -0.493 e. The van der Waals surface area contributed by atoms with Crippen LogP contribution in [0, 0.1) is 0 Å². The van der Waals surface area contributed by atoms with E-state index in [2.05, 4.69) is 31.8 Å². The zero-order chi connectivity index (χ0) is 23.5. The first kappa shape index (κ1) is 25.0. The highest BCUT2D eigenvalue weighted by atomic mass is 79.9. The fourth-order valence-electron chi connectivity index (χ4n) is 2.67. The number of methoxy groups -OCH3 is 2. The maximum atomic E-state index is 12.3. The van der Waals surface area contributed by atoms with E-state index in [1.165, 1.54) is 26.5 Å². The van der Waals surface area contributed by atoms with E-state index in [0.29, 0.717) is 51.8 Å². The van der Waals surface area contributed by atoms with Crippen LogP contribution in [0.25, 0.3) is 0 Å². The molecule has 0 aliphatic heterocycles. The van der Waals surface area contributed by atoms with Crippen LogP contribution in [0.1, 0.15) is 29.8 Å². The van der Waals surface area contributed by atoms with Gasteiger partial charge in [0.15, 0.2) is 23.0 Å². The predicted octanol–water partition coefficient (Wildman–Crippen LogP) is 3.14. The molecule has 0 aromatic heterocycles. The van der Waals surface area contributed by atoms with Crippen molar-refractivity contribution in [3.8, 4) is 23.0 Å². The van der Waals surface area contributed by atoms with Crippen LogP contribution < -0.4 is 29.7 Å². The summed E-state index contributed by atoms with van der Waals surface area (Å²) in [5.41, 5.74) is 3.40. The number of benzene rings is 2. The summed E-state index contributed by atoms with van der Waals surface area (Å²) < 4.78 is 22.2. The lowest BCUT2D eigenvalue weighted by atomic mass is 10.2. The van der Waals surface area contributed by atoms with Crippen molar-refractivity contribution in [2.45, 2.75) is 13.8 Å². The van der Waals surface area contributed by atoms with Crippen LogP contribution in [0.4, 0.5) is 0 Å². The molecule has 0 atom stereocenters. The number of carbonyl (C=O) groups is 2. The Morgan fingerprint density at radius 1 is 1.00 bits per heavy atom. The van der Waals surface area contributed by atoms with Gasteiger partial charge in [-0.3, -0.25) is 9.59 Å². The highest BCUT2D eigenvalue weighted by Gasteiger charge is 2.13. The predicted molar refractivity (Wildman–Crippen MR) is 124 cm³/mol. The van der Waals surface area contributed by atoms with Crippen molar-refractivity contribution in [3.05, 3.63) is 45.9 Å². The minimum absolute atomic E-state index is 0.248. The Balaban J connectivity index is 1.94. The molecule has 0 heterocycles. The Morgan fingerprint density at radius 2 is 1.72 bits per heavy atom. The molecule has 9 nitrogen and oxygen atoms in total. The first-order chi connectivity index (χ1) is 15.4. The Morgan fingerprint density at radius 3 is 2.38 bits per heavy atom. The molecule has 0 saturated heterocycles. The first-order valence-corrected chi connectivity index (χ1v) is 10.6. The van der Waals surface area contributed by atoms with Crippen molar-refractivity contribution in [1.29, 1.82) is 0 Å². The van der Waals surface area contributed by atoms with Gasteiger partial charge in [-0.1, -0.05) is 0 Å². The van der Waals surface area contributed by atoms with Gasteiger partial charge < -0.3 is 24.3 Å². The minimum atomic E-state index is -0.481. The molecular weight excluding hydrogens is 482 g/mol. The van der Waals surface area contributed by atoms with Crippen LogP contribution >= 0.6 is 15.9 Å². The zero-order valence-corrected chi connectivity index (χ0v) is 19.9. The van der Waals surface area contributed by atoms with Gasteiger partial charge in [-0.05, 0) is 65.7 Å². The van der Waals surface area contributed by atoms with E-state index in [9.17, 15) is 9.59 Å². The molecule has 2 amide bonds. The van der Waals surface area contributed by atoms with Crippen molar-refractivity contribution in [2.75, 3.05) is 34.0 Å². The normalized spacial score (nSPS) is 10.5. The Labute approximate surface area is 195 Å². The standard InChI is InChI=1S/C22H26BrN3O6/c1-5-31-19-10-14(9-16(23)21(19)32-6-2)12-25-26-20(27)13-24-22(28)15-7-8-17(29-3)18(11-15)30-4/h7-12H,5-6,13H2,1-4H3,(H,24,28)(H,26,27). The van der Waals surface area contributed by atoms with Crippen LogP contribution in [-0.2, 0) is 4.79 Å². The molecular formula is C22H26BrN3O6. The molecule has 0 aliphatic carbocycles. The summed E-state index contributed by atoms with van der Waals surface area (Å²) in [5, 5.41) is 6.46. The van der Waals surface area contributed by atoms with Gasteiger partial charge in [-0.15, -0.1) is 0 Å². The second-order valence-corrected chi connectivity index (χ2v) is 7.10. The van der Waals surface area contributed by atoms with E-state index >= 15 is 0 Å². The van der Waals surface area contributed by atoms with Gasteiger partial charge in [0.25, 0.3) is 11.8 Å². The number of halogens is 1. The summed E-state index contributed by atoms with van der Waals surface area (Å²) in [6, 6.07) is 8.27.